The number of hydrogen-bond acceptors (Lipinski definition) is 6. The van der Waals surface area contributed by atoms with Crippen molar-refractivity contribution in [1.29, 1.82) is 0 Å². The number of amides is 1. The molecular formula is C30H25Cl2FN4O4S. The average molecular weight is 628 g/mol. The number of ether oxygens (including phenoxy) is 1. The van der Waals surface area contributed by atoms with E-state index in [4.69, 9.17) is 33.0 Å². The van der Waals surface area contributed by atoms with Crippen LogP contribution in [0, 0.1) is 11.7 Å². The van der Waals surface area contributed by atoms with Crippen molar-refractivity contribution in [1.82, 2.24) is 14.7 Å². The number of nitrogens with one attached hydrogen (secondary N) is 1. The van der Waals surface area contributed by atoms with Gasteiger partial charge in [0.15, 0.2) is 9.84 Å². The highest BCUT2D eigenvalue weighted by atomic mass is 35.5. The van der Waals surface area contributed by atoms with E-state index in [2.05, 4.69) is 10.2 Å². The molecule has 0 radical (unpaired) electrons. The highest BCUT2D eigenvalue weighted by molar-refractivity contribution is 7.90. The van der Waals surface area contributed by atoms with Crippen LogP contribution in [0.2, 0.25) is 10.0 Å². The summed E-state index contributed by atoms with van der Waals surface area (Å²) >= 11 is 12.7. The van der Waals surface area contributed by atoms with Crippen LogP contribution in [0.3, 0.4) is 0 Å². The Morgan fingerprint density at radius 1 is 1.14 bits per heavy atom. The zero-order chi connectivity index (χ0) is 29.1. The minimum absolute atomic E-state index is 0.0368. The van der Waals surface area contributed by atoms with Gasteiger partial charge in [0.05, 0.1) is 32.9 Å². The molecule has 3 aliphatic heterocycles. The van der Waals surface area contributed by atoms with Crippen LogP contribution in [-0.4, -0.2) is 54.5 Å². The zero-order valence-electron chi connectivity index (χ0n) is 22.4. The highest BCUT2D eigenvalue weighted by Crippen LogP contribution is 2.63. The molecule has 0 unspecified atom stereocenters. The zero-order valence-corrected chi connectivity index (χ0v) is 24.7. The number of aromatic nitrogens is 2. The third-order valence-electron chi connectivity index (χ3n) is 9.22. The normalized spacial score (nSPS) is 26.7. The summed E-state index contributed by atoms with van der Waals surface area (Å²) in [5.74, 6) is -0.762. The summed E-state index contributed by atoms with van der Waals surface area (Å²) in [4.78, 5) is 16.8. The molecule has 1 spiro atoms. The van der Waals surface area contributed by atoms with Gasteiger partial charge in [0, 0.05) is 35.0 Å². The first-order valence-corrected chi connectivity index (χ1v) is 16.4. The molecular weight excluding hydrogens is 602 g/mol. The van der Waals surface area contributed by atoms with E-state index in [0.717, 1.165) is 19.1 Å². The average Bonchev–Trinajstić information content (AvgIpc) is 3.53. The molecule has 1 saturated carbocycles. The van der Waals surface area contributed by atoms with Gasteiger partial charge >= 0.3 is 0 Å². The fraction of sp³-hybridized carbons (Fsp3) is 0.333. The molecule has 216 valence electrons. The Balaban J connectivity index is 1.43. The van der Waals surface area contributed by atoms with Crippen LogP contribution in [-0.2, 0) is 20.2 Å². The molecule has 42 heavy (non-hydrogen) atoms. The van der Waals surface area contributed by atoms with E-state index < -0.39 is 33.2 Å². The second kappa shape index (κ2) is 8.92. The fourth-order valence-electron chi connectivity index (χ4n) is 7.30. The van der Waals surface area contributed by atoms with Gasteiger partial charge in [-0.25, -0.2) is 17.5 Å². The SMILES string of the molecule is CS(=O)(=O)c1ccc2c3n(nc2c1)[C@H]1[C@@H](CO3)N(CC2CC2)[C@]2(C(=O)Nc3cc(Cl)ccc32)[C@@H]1c1cccc(Cl)c1F. The van der Waals surface area contributed by atoms with Crippen molar-refractivity contribution in [2.75, 3.05) is 24.7 Å². The molecule has 1 aliphatic carbocycles. The minimum Gasteiger partial charge on any atom is -0.476 e. The van der Waals surface area contributed by atoms with Gasteiger partial charge in [-0.05, 0) is 60.7 Å². The molecule has 2 fully saturated rings. The number of fused-ring (bicyclic) bond motifs is 7. The first-order chi connectivity index (χ1) is 20.1. The van der Waals surface area contributed by atoms with Crippen LogP contribution in [0.25, 0.3) is 10.9 Å². The Morgan fingerprint density at radius 2 is 1.95 bits per heavy atom. The standard InChI is InChI=1S/C30H25Cl2FN4O4S/c1-42(39,40)17-8-9-18-22(12-17)35-37-27-24(14-41-28(18)37)36(13-15-5-6-15)30(25(27)19-3-2-4-21(32)26(19)33)20-10-7-16(31)11-23(20)34-29(30)38/h2-4,7-12,15,24-25,27H,5-6,13-14H2,1H3,(H,34,38)/t24-,25-,27+,30+/m1/s1. The Kier molecular flexibility index (Phi) is 5.62. The van der Waals surface area contributed by atoms with Gasteiger partial charge in [0.25, 0.3) is 0 Å². The van der Waals surface area contributed by atoms with Crippen molar-refractivity contribution in [2.24, 2.45) is 5.92 Å². The molecule has 0 bridgehead atoms. The van der Waals surface area contributed by atoms with Gasteiger partial charge in [-0.3, -0.25) is 9.69 Å². The molecule has 8 nitrogen and oxygen atoms in total. The van der Waals surface area contributed by atoms with Crippen LogP contribution >= 0.6 is 23.2 Å². The van der Waals surface area contributed by atoms with Gasteiger partial charge in [-0.2, -0.15) is 5.10 Å². The largest absolute Gasteiger partial charge is 0.476 e. The second-order valence-corrected chi connectivity index (χ2v) is 14.6. The molecule has 4 aromatic rings. The Labute approximate surface area is 251 Å². The van der Waals surface area contributed by atoms with Gasteiger partial charge in [0.2, 0.25) is 11.8 Å². The quantitative estimate of drug-likeness (QED) is 0.319. The van der Waals surface area contributed by atoms with E-state index in [9.17, 15) is 13.2 Å². The maximum absolute atomic E-state index is 16.2. The maximum atomic E-state index is 16.2. The summed E-state index contributed by atoms with van der Waals surface area (Å²) in [6, 6.07) is 14.1. The van der Waals surface area contributed by atoms with Crippen molar-refractivity contribution in [3.05, 3.63) is 81.6 Å². The molecule has 12 heteroatoms. The molecule has 8 rings (SSSR count). The number of hydrogen-bond donors (Lipinski definition) is 1. The number of carbonyl (C=O) groups is 1. The highest BCUT2D eigenvalue weighted by Gasteiger charge is 2.69. The topological polar surface area (TPSA) is 93.5 Å². The third kappa shape index (κ3) is 3.58. The van der Waals surface area contributed by atoms with Crippen molar-refractivity contribution in [3.63, 3.8) is 0 Å². The molecule has 1 amide bonds. The van der Waals surface area contributed by atoms with Crippen molar-refractivity contribution < 1.29 is 22.3 Å². The molecule has 1 saturated heterocycles. The molecule has 3 aromatic carbocycles. The summed E-state index contributed by atoms with van der Waals surface area (Å²) < 4.78 is 48.9. The number of halogens is 3. The lowest BCUT2D eigenvalue weighted by Gasteiger charge is -2.39. The van der Waals surface area contributed by atoms with E-state index in [0.29, 0.717) is 51.1 Å². The van der Waals surface area contributed by atoms with Gasteiger partial charge in [-0.1, -0.05) is 41.4 Å². The summed E-state index contributed by atoms with van der Waals surface area (Å²) in [7, 11) is -3.48. The number of nitrogens with zero attached hydrogens (tertiary/aromatic N) is 3. The number of anilines is 1. The number of likely N-dealkylation sites (tertiary alicyclic amines) is 1. The number of rotatable bonds is 4. The summed E-state index contributed by atoms with van der Waals surface area (Å²) in [5.41, 5.74) is 0.747. The molecule has 1 aromatic heterocycles. The minimum atomic E-state index is -3.48. The monoisotopic (exact) mass is 626 g/mol. The Hall–Kier alpha value is -3.18. The van der Waals surface area contributed by atoms with E-state index in [1.807, 2.05) is 6.07 Å². The first kappa shape index (κ1) is 26.4. The predicted octanol–water partition coefficient (Wildman–Crippen LogP) is 5.54. The smallest absolute Gasteiger partial charge is 0.250 e. The van der Waals surface area contributed by atoms with E-state index in [-0.39, 0.29) is 28.5 Å². The van der Waals surface area contributed by atoms with Crippen molar-refractivity contribution in [2.45, 2.75) is 41.3 Å². The van der Waals surface area contributed by atoms with E-state index in [1.165, 1.54) is 18.2 Å². The molecule has 4 aliphatic rings. The van der Waals surface area contributed by atoms with Gasteiger partial charge in [-0.15, -0.1) is 0 Å². The van der Waals surface area contributed by atoms with E-state index in [1.54, 1.807) is 35.0 Å². The fourth-order valence-corrected chi connectivity index (χ4v) is 8.30. The molecule has 4 heterocycles. The first-order valence-electron chi connectivity index (χ1n) is 13.8. The van der Waals surface area contributed by atoms with Gasteiger partial charge < -0.3 is 10.1 Å². The number of sulfone groups is 1. The predicted molar refractivity (Wildman–Crippen MR) is 157 cm³/mol. The van der Waals surface area contributed by atoms with Crippen LogP contribution in [0.1, 0.15) is 35.9 Å². The molecule has 1 N–H and O–H groups in total. The summed E-state index contributed by atoms with van der Waals surface area (Å²) in [6.07, 6.45) is 3.23. The summed E-state index contributed by atoms with van der Waals surface area (Å²) in [5, 5.41) is 9.01. The Bertz CT molecular complexity index is 1940. The van der Waals surface area contributed by atoms with E-state index >= 15 is 4.39 Å². The van der Waals surface area contributed by atoms with Crippen molar-refractivity contribution >= 4 is 55.5 Å². The number of carbonyl (C=O) groups excluding carboxylic acids is 1. The lowest BCUT2D eigenvalue weighted by Crippen LogP contribution is -2.54. The number of benzene rings is 3. The van der Waals surface area contributed by atoms with Crippen LogP contribution in [0.15, 0.2) is 59.5 Å². The van der Waals surface area contributed by atoms with Crippen molar-refractivity contribution in [3.8, 4) is 5.88 Å². The van der Waals surface area contributed by atoms with Crippen LogP contribution < -0.4 is 10.1 Å². The third-order valence-corrected chi connectivity index (χ3v) is 10.9. The second-order valence-electron chi connectivity index (χ2n) is 11.7. The maximum Gasteiger partial charge on any atom is 0.250 e. The van der Waals surface area contributed by atoms with Crippen LogP contribution in [0.4, 0.5) is 10.1 Å². The van der Waals surface area contributed by atoms with Crippen LogP contribution in [0.5, 0.6) is 5.88 Å². The van der Waals surface area contributed by atoms with Gasteiger partial charge in [0.1, 0.15) is 18.0 Å². The lowest BCUT2D eigenvalue weighted by atomic mass is 9.73. The lowest BCUT2D eigenvalue weighted by molar-refractivity contribution is -0.128. The molecule has 4 atom stereocenters. The Morgan fingerprint density at radius 3 is 2.71 bits per heavy atom. The summed E-state index contributed by atoms with van der Waals surface area (Å²) in [6.45, 7) is 0.857.